The maximum atomic E-state index is 13.3. The number of nitrogens with one attached hydrogen (secondary N) is 2. The number of benzene rings is 1. The highest BCUT2D eigenvalue weighted by molar-refractivity contribution is 7.39. The van der Waals surface area contributed by atoms with Crippen LogP contribution >= 0.6 is 20.2 Å². The summed E-state index contributed by atoms with van der Waals surface area (Å²) in [6, 6.07) is 5.90. The van der Waals surface area contributed by atoms with Crippen molar-refractivity contribution in [1.29, 1.82) is 0 Å². The van der Waals surface area contributed by atoms with Crippen molar-refractivity contribution in [3.05, 3.63) is 46.1 Å². The number of rotatable bonds is 8. The summed E-state index contributed by atoms with van der Waals surface area (Å²) in [5.41, 5.74) is 2.87. The van der Waals surface area contributed by atoms with Crippen molar-refractivity contribution < 1.29 is 19.1 Å². The van der Waals surface area contributed by atoms with Crippen LogP contribution < -0.4 is 15.5 Å². The molecule has 11 heteroatoms. The van der Waals surface area contributed by atoms with Gasteiger partial charge in [-0.1, -0.05) is 23.7 Å². The van der Waals surface area contributed by atoms with Crippen molar-refractivity contribution in [3.63, 3.8) is 0 Å². The number of hydrogen-bond donors (Lipinski definition) is 4. The molecule has 194 valence electrons. The molecule has 2 aliphatic carbocycles. The van der Waals surface area contributed by atoms with Crippen molar-refractivity contribution in [3.8, 4) is 0 Å². The van der Waals surface area contributed by atoms with Gasteiger partial charge in [0.05, 0.1) is 6.10 Å². The number of nitrogens with zero attached hydrogens (tertiary/aromatic N) is 3. The summed E-state index contributed by atoms with van der Waals surface area (Å²) in [5.74, 6) is 0.943. The second kappa shape index (κ2) is 10.8. The number of carbonyl (C=O) groups is 1. The Hall–Kier alpha value is -2.03. The largest absolute Gasteiger partial charge is 0.365 e. The topological polar surface area (TPSA) is 120 Å². The van der Waals surface area contributed by atoms with Gasteiger partial charge in [-0.05, 0) is 74.5 Å². The van der Waals surface area contributed by atoms with Crippen LogP contribution in [0.5, 0.6) is 0 Å². The number of amides is 1. The van der Waals surface area contributed by atoms with E-state index in [4.69, 9.17) is 30.9 Å². The summed E-state index contributed by atoms with van der Waals surface area (Å²) in [6.07, 6.45) is 7.90. The average molecular weight is 534 g/mol. The Labute approximate surface area is 217 Å². The summed E-state index contributed by atoms with van der Waals surface area (Å²) in [4.78, 5) is 43.0. The Morgan fingerprint density at radius 1 is 1.25 bits per heavy atom. The van der Waals surface area contributed by atoms with Crippen LogP contribution in [0.4, 0.5) is 11.8 Å². The van der Waals surface area contributed by atoms with E-state index >= 15 is 0 Å². The second-order valence-corrected chi connectivity index (χ2v) is 11.5. The zero-order valence-corrected chi connectivity index (χ0v) is 22.1. The Morgan fingerprint density at radius 2 is 2.03 bits per heavy atom. The van der Waals surface area contributed by atoms with Crippen molar-refractivity contribution in [1.82, 2.24) is 15.3 Å². The third-order valence-corrected chi connectivity index (χ3v) is 8.54. The molecule has 3 aliphatic rings. The number of halogens is 1. The molecule has 1 saturated heterocycles. The number of carbonyl (C=O) groups excluding carboxylic acids is 1. The maximum absolute atomic E-state index is 13.3. The highest BCUT2D eigenvalue weighted by Gasteiger charge is 2.48. The van der Waals surface area contributed by atoms with Gasteiger partial charge >= 0.3 is 8.60 Å². The zero-order chi connectivity index (χ0) is 25.3. The Kier molecular flexibility index (Phi) is 7.65. The van der Waals surface area contributed by atoms with Crippen LogP contribution in [0.15, 0.2) is 24.4 Å². The first-order chi connectivity index (χ1) is 17.3. The lowest BCUT2D eigenvalue weighted by Gasteiger charge is -2.29. The molecule has 36 heavy (non-hydrogen) atoms. The van der Waals surface area contributed by atoms with E-state index in [9.17, 15) is 4.79 Å². The van der Waals surface area contributed by atoms with Crippen LogP contribution in [-0.2, 0) is 11.1 Å². The fourth-order valence-corrected chi connectivity index (χ4v) is 5.84. The highest BCUT2D eigenvalue weighted by atomic mass is 35.5. The fourth-order valence-electron chi connectivity index (χ4n) is 5.16. The smallest absolute Gasteiger partial charge is 0.327 e. The van der Waals surface area contributed by atoms with Crippen LogP contribution in [-0.4, -0.2) is 50.9 Å². The highest BCUT2D eigenvalue weighted by Crippen LogP contribution is 2.53. The number of aryl methyl sites for hydroxylation is 1. The molecule has 1 aromatic carbocycles. The van der Waals surface area contributed by atoms with Gasteiger partial charge in [0.2, 0.25) is 5.95 Å². The molecule has 1 spiro atoms. The van der Waals surface area contributed by atoms with Crippen molar-refractivity contribution in [2.75, 3.05) is 23.3 Å². The first-order valence-electron chi connectivity index (χ1n) is 12.6. The molecule has 0 bridgehead atoms. The normalized spacial score (nSPS) is 22.8. The molecule has 0 atom stereocenters. The third kappa shape index (κ3) is 6.09. The minimum atomic E-state index is -2.36. The molecule has 5 rings (SSSR count). The minimum absolute atomic E-state index is 0.0160. The lowest BCUT2D eigenvalue weighted by Crippen LogP contribution is -2.39. The second-order valence-electron chi connectivity index (χ2n) is 10.3. The zero-order valence-electron chi connectivity index (χ0n) is 20.4. The maximum Gasteiger partial charge on any atom is 0.327 e. The molecule has 3 fully saturated rings. The molecule has 1 amide bonds. The van der Waals surface area contributed by atoms with Gasteiger partial charge in [-0.25, -0.2) is 4.98 Å². The minimum Gasteiger partial charge on any atom is -0.365 e. The van der Waals surface area contributed by atoms with Gasteiger partial charge in [0.15, 0.2) is 0 Å². The molecular weight excluding hydrogens is 501 g/mol. The predicted octanol–water partition coefficient (Wildman–Crippen LogP) is 4.31. The molecule has 1 aromatic heterocycles. The molecule has 2 heterocycles. The van der Waals surface area contributed by atoms with E-state index in [0.29, 0.717) is 60.0 Å². The van der Waals surface area contributed by atoms with Gasteiger partial charge in [-0.2, -0.15) is 4.98 Å². The summed E-state index contributed by atoms with van der Waals surface area (Å²) in [6.45, 7) is 4.36. The summed E-state index contributed by atoms with van der Waals surface area (Å²) in [5, 5.41) is 7.17. The first kappa shape index (κ1) is 25.6. The van der Waals surface area contributed by atoms with Crippen molar-refractivity contribution >= 4 is 37.9 Å². The molecule has 9 nitrogen and oxygen atoms in total. The standard InChI is InChI=1S/C25H33ClN5O4P/c1-16-2-3-17(12-21(16)26)13-27-22-20(14-28-24(30-22)31-11-10-25(15-31)8-9-25)23(32)29-18-4-6-19(7-5-18)35-36(33)34/h2-3,12,14,18-19,33-34H,4-11,13,15H2,1H3,(H,29,32)(H,27,28,30). The summed E-state index contributed by atoms with van der Waals surface area (Å²) >= 11 is 6.31. The molecule has 2 saturated carbocycles. The molecular formula is C25H33ClN5O4P. The third-order valence-electron chi connectivity index (χ3n) is 7.65. The van der Waals surface area contributed by atoms with E-state index in [1.807, 2.05) is 25.1 Å². The molecule has 0 radical (unpaired) electrons. The SMILES string of the molecule is Cc1ccc(CNc2nc(N3CCC4(CC4)C3)ncc2C(=O)NC2CCC(OP(O)O)CC2)cc1Cl. The van der Waals surface area contributed by atoms with Gasteiger partial charge in [0, 0.05) is 36.9 Å². The van der Waals surface area contributed by atoms with E-state index in [1.165, 1.54) is 19.3 Å². The van der Waals surface area contributed by atoms with Crippen LogP contribution in [0.2, 0.25) is 5.02 Å². The van der Waals surface area contributed by atoms with Gasteiger partial charge in [0.1, 0.15) is 11.4 Å². The van der Waals surface area contributed by atoms with E-state index in [2.05, 4.69) is 20.5 Å². The van der Waals surface area contributed by atoms with Crippen LogP contribution in [0, 0.1) is 12.3 Å². The van der Waals surface area contributed by atoms with Crippen molar-refractivity contribution in [2.45, 2.75) is 70.6 Å². The van der Waals surface area contributed by atoms with E-state index in [-0.39, 0.29) is 18.1 Å². The molecule has 4 N–H and O–H groups in total. The lowest BCUT2D eigenvalue weighted by molar-refractivity contribution is 0.0878. The van der Waals surface area contributed by atoms with E-state index < -0.39 is 8.60 Å². The van der Waals surface area contributed by atoms with Gasteiger partial charge in [-0.15, -0.1) is 0 Å². The molecule has 2 aromatic rings. The summed E-state index contributed by atoms with van der Waals surface area (Å²) in [7, 11) is -2.36. The molecule has 1 aliphatic heterocycles. The Balaban J connectivity index is 1.30. The summed E-state index contributed by atoms with van der Waals surface area (Å²) < 4.78 is 5.14. The Morgan fingerprint density at radius 3 is 2.69 bits per heavy atom. The number of hydrogen-bond acceptors (Lipinski definition) is 8. The quantitative estimate of drug-likeness (QED) is 0.371. The number of aromatic nitrogens is 2. The van der Waals surface area contributed by atoms with Gasteiger partial charge < -0.3 is 29.8 Å². The molecule has 0 unspecified atom stereocenters. The van der Waals surface area contributed by atoms with E-state index in [0.717, 1.165) is 24.2 Å². The average Bonchev–Trinajstić information content (AvgIpc) is 3.48. The first-order valence-corrected chi connectivity index (χ1v) is 14.1. The van der Waals surface area contributed by atoms with Gasteiger partial charge in [-0.3, -0.25) is 4.79 Å². The lowest BCUT2D eigenvalue weighted by atomic mass is 9.93. The van der Waals surface area contributed by atoms with Crippen LogP contribution in [0.25, 0.3) is 0 Å². The Bertz CT molecular complexity index is 1110. The van der Waals surface area contributed by atoms with Crippen LogP contribution in [0.3, 0.4) is 0 Å². The predicted molar refractivity (Wildman–Crippen MR) is 140 cm³/mol. The van der Waals surface area contributed by atoms with Crippen molar-refractivity contribution in [2.24, 2.45) is 5.41 Å². The van der Waals surface area contributed by atoms with Crippen LogP contribution in [0.1, 0.15) is 66.4 Å². The monoisotopic (exact) mass is 533 g/mol. The van der Waals surface area contributed by atoms with E-state index in [1.54, 1.807) is 6.20 Å². The number of anilines is 2. The van der Waals surface area contributed by atoms with Gasteiger partial charge in [0.25, 0.3) is 5.91 Å². The fraction of sp³-hybridized carbons (Fsp3) is 0.560.